The van der Waals surface area contributed by atoms with E-state index in [9.17, 15) is 0 Å². The normalized spacial score (nSPS) is 11.2. The van der Waals surface area contributed by atoms with Gasteiger partial charge in [0, 0.05) is 17.7 Å². The van der Waals surface area contributed by atoms with Crippen LogP contribution in [-0.4, -0.2) is 37.2 Å². The molecule has 31 heavy (non-hydrogen) atoms. The molecule has 2 aromatic carbocycles. The number of aryl methyl sites for hydroxylation is 1. The lowest BCUT2D eigenvalue weighted by Crippen LogP contribution is -2.04. The molecule has 5 aromatic rings. The summed E-state index contributed by atoms with van der Waals surface area (Å²) in [6, 6.07) is 22.3. The molecule has 0 atom stereocenters. The highest BCUT2D eigenvalue weighted by molar-refractivity contribution is 5.85. The van der Waals surface area contributed by atoms with Gasteiger partial charge in [-0.05, 0) is 31.7 Å². The number of hydrogen-bond donors (Lipinski definition) is 2. The predicted molar refractivity (Wildman–Crippen MR) is 121 cm³/mol. The summed E-state index contributed by atoms with van der Waals surface area (Å²) in [6.45, 7) is 2.68. The summed E-state index contributed by atoms with van der Waals surface area (Å²) in [5.41, 5.74) is 6.81. The number of nitrogens with zero attached hydrogens (tertiary/aromatic N) is 5. The summed E-state index contributed by atoms with van der Waals surface area (Å²) in [5.74, 6) is 1.29. The maximum Gasteiger partial charge on any atom is 0.199 e. The van der Waals surface area contributed by atoms with Crippen LogP contribution in [0.15, 0.2) is 66.7 Å². The first-order valence-corrected chi connectivity index (χ1v) is 10.1. The molecule has 0 fully saturated rings. The van der Waals surface area contributed by atoms with E-state index in [-0.39, 0.29) is 0 Å². The molecule has 0 unspecified atom stereocenters. The van der Waals surface area contributed by atoms with E-state index in [2.05, 4.69) is 44.8 Å². The molecule has 5 rings (SSSR count). The summed E-state index contributed by atoms with van der Waals surface area (Å²) >= 11 is 0. The van der Waals surface area contributed by atoms with Gasteiger partial charge in [0.15, 0.2) is 11.5 Å². The van der Waals surface area contributed by atoms with Gasteiger partial charge in [-0.15, -0.1) is 0 Å². The van der Waals surface area contributed by atoms with Crippen LogP contribution in [0.5, 0.6) is 0 Å². The Morgan fingerprint density at radius 3 is 2.23 bits per heavy atom. The zero-order valence-electron chi connectivity index (χ0n) is 17.3. The van der Waals surface area contributed by atoms with Crippen molar-refractivity contribution in [3.8, 4) is 34.0 Å². The standard InChI is InChI=1S/C24H21N7/c1-15-26-24(31-30-15)20-13-12-19-23(28-20)29-22(17-6-4-3-5-7-17)21(27-19)18-10-8-16(9-11-18)14-25-2/h3-13,25H,14H2,1-2H3,(H,26,30,31). The topological polar surface area (TPSA) is 92.3 Å². The van der Waals surface area contributed by atoms with Gasteiger partial charge in [-0.25, -0.2) is 19.9 Å². The van der Waals surface area contributed by atoms with E-state index >= 15 is 0 Å². The molecule has 0 saturated heterocycles. The third-order valence-corrected chi connectivity index (χ3v) is 5.01. The van der Waals surface area contributed by atoms with Crippen molar-refractivity contribution in [1.29, 1.82) is 0 Å². The second kappa shape index (κ2) is 8.04. The molecule has 7 nitrogen and oxygen atoms in total. The van der Waals surface area contributed by atoms with Crippen molar-refractivity contribution in [1.82, 2.24) is 35.5 Å². The lowest BCUT2D eigenvalue weighted by atomic mass is 10.0. The van der Waals surface area contributed by atoms with E-state index in [1.165, 1.54) is 5.56 Å². The van der Waals surface area contributed by atoms with Crippen molar-refractivity contribution in [2.24, 2.45) is 0 Å². The van der Waals surface area contributed by atoms with Gasteiger partial charge in [0.05, 0.1) is 11.4 Å². The first-order chi connectivity index (χ1) is 15.2. The molecule has 0 radical (unpaired) electrons. The molecule has 0 aliphatic carbocycles. The summed E-state index contributed by atoms with van der Waals surface area (Å²) in [7, 11) is 1.94. The Hall–Kier alpha value is -3.97. The summed E-state index contributed by atoms with van der Waals surface area (Å²) in [4.78, 5) is 18.9. The lowest BCUT2D eigenvalue weighted by Gasteiger charge is -2.11. The molecule has 0 saturated carbocycles. The van der Waals surface area contributed by atoms with E-state index in [1.807, 2.05) is 56.4 Å². The number of aromatic nitrogens is 6. The number of hydrogen-bond acceptors (Lipinski definition) is 6. The minimum atomic E-state index is 0.548. The molecule has 0 spiro atoms. The number of aromatic amines is 1. The van der Waals surface area contributed by atoms with E-state index < -0.39 is 0 Å². The third-order valence-electron chi connectivity index (χ3n) is 5.01. The van der Waals surface area contributed by atoms with Crippen molar-refractivity contribution in [2.45, 2.75) is 13.5 Å². The fourth-order valence-electron chi connectivity index (χ4n) is 3.51. The number of pyridine rings is 1. The van der Waals surface area contributed by atoms with Gasteiger partial charge in [-0.2, -0.15) is 5.10 Å². The first kappa shape index (κ1) is 19.0. The van der Waals surface area contributed by atoms with Crippen LogP contribution in [0.25, 0.3) is 45.2 Å². The van der Waals surface area contributed by atoms with E-state index in [1.54, 1.807) is 0 Å². The molecule has 2 N–H and O–H groups in total. The maximum atomic E-state index is 4.95. The zero-order chi connectivity index (χ0) is 21.2. The number of H-pyrrole nitrogens is 1. The predicted octanol–water partition coefficient (Wildman–Crippen LogP) is 4.17. The van der Waals surface area contributed by atoms with Crippen LogP contribution in [0.3, 0.4) is 0 Å². The van der Waals surface area contributed by atoms with E-state index in [4.69, 9.17) is 15.0 Å². The molecule has 152 valence electrons. The van der Waals surface area contributed by atoms with Gasteiger partial charge in [-0.3, -0.25) is 5.10 Å². The number of rotatable bonds is 5. The van der Waals surface area contributed by atoms with E-state index in [0.29, 0.717) is 17.2 Å². The lowest BCUT2D eigenvalue weighted by molar-refractivity contribution is 0.818. The van der Waals surface area contributed by atoms with Crippen molar-refractivity contribution < 1.29 is 0 Å². The van der Waals surface area contributed by atoms with Crippen molar-refractivity contribution in [2.75, 3.05) is 7.05 Å². The quantitative estimate of drug-likeness (QED) is 0.454. The monoisotopic (exact) mass is 407 g/mol. The fourth-order valence-corrected chi connectivity index (χ4v) is 3.51. The second-order valence-electron chi connectivity index (χ2n) is 7.30. The molecule has 0 bridgehead atoms. The molecule has 3 heterocycles. The third kappa shape index (κ3) is 3.78. The average Bonchev–Trinajstić information content (AvgIpc) is 3.25. The average molecular weight is 407 g/mol. The van der Waals surface area contributed by atoms with E-state index in [0.717, 1.165) is 40.4 Å². The van der Waals surface area contributed by atoms with Gasteiger partial charge < -0.3 is 5.32 Å². The van der Waals surface area contributed by atoms with Gasteiger partial charge >= 0.3 is 0 Å². The minimum absolute atomic E-state index is 0.548. The van der Waals surface area contributed by atoms with Gasteiger partial charge in [0.1, 0.15) is 17.0 Å². The number of nitrogens with one attached hydrogen (secondary N) is 2. The fraction of sp³-hybridized carbons (Fsp3) is 0.125. The Morgan fingerprint density at radius 2 is 1.52 bits per heavy atom. The summed E-state index contributed by atoms with van der Waals surface area (Å²) in [6.07, 6.45) is 0. The van der Waals surface area contributed by atoms with Crippen LogP contribution in [0.1, 0.15) is 11.4 Å². The molecular weight excluding hydrogens is 386 g/mol. The molecule has 7 heteroatoms. The maximum absolute atomic E-state index is 4.95. The summed E-state index contributed by atoms with van der Waals surface area (Å²) < 4.78 is 0. The molecule has 0 aliphatic rings. The van der Waals surface area contributed by atoms with Crippen molar-refractivity contribution in [3.63, 3.8) is 0 Å². The Morgan fingerprint density at radius 1 is 0.774 bits per heavy atom. The molecule has 0 aliphatic heterocycles. The van der Waals surface area contributed by atoms with Crippen molar-refractivity contribution >= 4 is 11.2 Å². The van der Waals surface area contributed by atoms with Crippen molar-refractivity contribution in [3.05, 3.63) is 78.1 Å². The van der Waals surface area contributed by atoms with Crippen LogP contribution in [0.2, 0.25) is 0 Å². The largest absolute Gasteiger partial charge is 0.316 e. The van der Waals surface area contributed by atoms with Gasteiger partial charge in [-0.1, -0.05) is 54.6 Å². The SMILES string of the molecule is CNCc1ccc(-c2nc3ccc(-c4n[nH]c(C)n4)nc3nc2-c2ccccc2)cc1. The summed E-state index contributed by atoms with van der Waals surface area (Å²) in [5, 5.41) is 10.2. The Bertz CT molecular complexity index is 1340. The smallest absolute Gasteiger partial charge is 0.199 e. The molecule has 0 amide bonds. The van der Waals surface area contributed by atoms with Gasteiger partial charge in [0.25, 0.3) is 0 Å². The Kier molecular flexibility index (Phi) is 4.93. The van der Waals surface area contributed by atoms with Crippen LogP contribution >= 0.6 is 0 Å². The van der Waals surface area contributed by atoms with Crippen LogP contribution in [0.4, 0.5) is 0 Å². The van der Waals surface area contributed by atoms with Crippen LogP contribution < -0.4 is 5.32 Å². The van der Waals surface area contributed by atoms with Gasteiger partial charge in [0.2, 0.25) is 0 Å². The molecular formula is C24H21N7. The number of benzene rings is 2. The Balaban J connectivity index is 1.68. The minimum Gasteiger partial charge on any atom is -0.316 e. The molecule has 3 aromatic heterocycles. The first-order valence-electron chi connectivity index (χ1n) is 10.1. The highest BCUT2D eigenvalue weighted by atomic mass is 15.2. The highest BCUT2D eigenvalue weighted by Crippen LogP contribution is 2.31. The second-order valence-corrected chi connectivity index (χ2v) is 7.30. The number of fused-ring (bicyclic) bond motifs is 1. The Labute approximate surface area is 179 Å². The van der Waals surface area contributed by atoms with Crippen LogP contribution in [-0.2, 0) is 6.54 Å². The van der Waals surface area contributed by atoms with Crippen LogP contribution in [0, 0.1) is 6.92 Å². The zero-order valence-corrected chi connectivity index (χ0v) is 17.3. The highest BCUT2D eigenvalue weighted by Gasteiger charge is 2.15.